The van der Waals surface area contributed by atoms with E-state index in [0.29, 0.717) is 4.90 Å². The lowest BCUT2D eigenvalue weighted by Gasteiger charge is -2.19. The van der Waals surface area contributed by atoms with E-state index in [9.17, 15) is 8.42 Å². The van der Waals surface area contributed by atoms with Gasteiger partial charge in [0.25, 0.3) is 0 Å². The monoisotopic (exact) mass is 364 g/mol. The highest BCUT2D eigenvalue weighted by Crippen LogP contribution is 2.25. The molecule has 17 heavy (non-hydrogen) atoms. The minimum Gasteiger partial charge on any atom is -0.294 e. The molecule has 0 spiro atoms. The van der Waals surface area contributed by atoms with Gasteiger partial charge in [-0.05, 0) is 55.5 Å². The topological polar surface area (TPSA) is 51.4 Å². The van der Waals surface area contributed by atoms with Gasteiger partial charge in [0, 0.05) is 6.20 Å². The van der Waals surface area contributed by atoms with E-state index in [1.54, 1.807) is 49.7 Å². The number of pyridine rings is 1. The second kappa shape index (κ2) is 3.94. The van der Waals surface area contributed by atoms with Crippen molar-refractivity contribution >= 4 is 38.1 Å². The Morgan fingerprint density at radius 1 is 1.29 bits per heavy atom. The van der Waals surface area contributed by atoms with Crippen molar-refractivity contribution in [3.8, 4) is 0 Å². The minimum atomic E-state index is -3.31. The fourth-order valence-corrected chi connectivity index (χ4v) is 3.17. The Kier molecular flexibility index (Phi) is 2.97. The van der Waals surface area contributed by atoms with Crippen LogP contribution in [0.1, 0.15) is 20.8 Å². The summed E-state index contributed by atoms with van der Waals surface area (Å²) in [4.78, 5) is 4.49. The summed E-state index contributed by atoms with van der Waals surface area (Å²) in [6.07, 6.45) is 3.34. The van der Waals surface area contributed by atoms with Crippen molar-refractivity contribution in [2.24, 2.45) is 0 Å². The number of halogens is 1. The highest BCUT2D eigenvalue weighted by Gasteiger charge is 2.31. The van der Waals surface area contributed by atoms with Gasteiger partial charge in [-0.25, -0.2) is 13.4 Å². The molecule has 0 aliphatic carbocycles. The molecule has 0 aliphatic rings. The quantitative estimate of drug-likeness (QED) is 0.731. The lowest BCUT2D eigenvalue weighted by molar-refractivity contribution is 0.559. The number of aromatic nitrogens is 2. The van der Waals surface area contributed by atoms with Crippen LogP contribution in [0.4, 0.5) is 0 Å². The van der Waals surface area contributed by atoms with E-state index >= 15 is 0 Å². The molecule has 0 saturated carbocycles. The lowest BCUT2D eigenvalue weighted by Crippen LogP contribution is -2.28. The molecule has 0 unspecified atom stereocenters. The number of hydrogen-bond donors (Lipinski definition) is 0. The van der Waals surface area contributed by atoms with Crippen LogP contribution in [0.15, 0.2) is 29.4 Å². The van der Waals surface area contributed by atoms with E-state index in [4.69, 9.17) is 0 Å². The molecule has 0 atom stereocenters. The average Bonchev–Trinajstić information content (AvgIpc) is 2.58. The van der Waals surface area contributed by atoms with E-state index in [0.717, 1.165) is 9.35 Å². The largest absolute Gasteiger partial charge is 0.294 e. The molecule has 2 heterocycles. The SMILES string of the molecule is CC(C)(C)S(=O)(=O)c1ccc2ncc(I)n2c1. The predicted octanol–water partition coefficient (Wildman–Crippen LogP) is 2.51. The first-order valence-corrected chi connectivity index (χ1v) is 7.67. The number of sulfone groups is 1. The lowest BCUT2D eigenvalue weighted by atomic mass is 10.3. The zero-order valence-corrected chi connectivity index (χ0v) is 12.8. The zero-order valence-electron chi connectivity index (χ0n) is 9.81. The first-order chi connectivity index (χ1) is 7.73. The number of nitrogens with zero attached hydrogens (tertiary/aromatic N) is 2. The highest BCUT2D eigenvalue weighted by molar-refractivity contribution is 14.1. The standard InChI is InChI=1S/C11H13IN2O2S/c1-11(2,3)17(15,16)8-4-5-10-13-6-9(12)14(10)7-8/h4-7H,1-3H3. The summed E-state index contributed by atoms with van der Waals surface area (Å²) in [5, 5.41) is 0. The van der Waals surface area contributed by atoms with Gasteiger partial charge in [0.05, 0.1) is 15.8 Å². The van der Waals surface area contributed by atoms with Gasteiger partial charge in [-0.3, -0.25) is 4.40 Å². The molecule has 4 nitrogen and oxygen atoms in total. The van der Waals surface area contributed by atoms with E-state index in [2.05, 4.69) is 27.6 Å². The molecule has 0 aromatic carbocycles. The second-order valence-electron chi connectivity index (χ2n) is 4.79. The molecule has 0 N–H and O–H groups in total. The molecule has 0 radical (unpaired) electrons. The van der Waals surface area contributed by atoms with E-state index < -0.39 is 14.6 Å². The zero-order chi connectivity index (χ0) is 12.8. The summed E-state index contributed by atoms with van der Waals surface area (Å²) in [6.45, 7) is 5.10. The van der Waals surface area contributed by atoms with Crippen LogP contribution in [0.3, 0.4) is 0 Å². The smallest absolute Gasteiger partial charge is 0.184 e. The number of rotatable bonds is 1. The molecule has 0 amide bonds. The van der Waals surface area contributed by atoms with Crippen LogP contribution in [-0.2, 0) is 9.84 Å². The van der Waals surface area contributed by atoms with Crippen LogP contribution in [0.2, 0.25) is 0 Å². The summed E-state index contributed by atoms with van der Waals surface area (Å²) in [5.74, 6) is 0. The van der Waals surface area contributed by atoms with Crippen LogP contribution >= 0.6 is 22.6 Å². The highest BCUT2D eigenvalue weighted by atomic mass is 127. The van der Waals surface area contributed by atoms with Gasteiger partial charge in [-0.1, -0.05) is 0 Å². The Bertz CT molecular complexity index is 668. The van der Waals surface area contributed by atoms with Crippen molar-refractivity contribution in [2.45, 2.75) is 30.4 Å². The number of imidazole rings is 1. The van der Waals surface area contributed by atoms with E-state index in [1.807, 2.05) is 0 Å². The van der Waals surface area contributed by atoms with Crippen molar-refractivity contribution in [3.05, 3.63) is 28.2 Å². The maximum Gasteiger partial charge on any atom is 0.184 e. The Morgan fingerprint density at radius 3 is 2.53 bits per heavy atom. The summed E-state index contributed by atoms with van der Waals surface area (Å²) >= 11 is 2.12. The second-order valence-corrected chi connectivity index (χ2v) is 8.60. The maximum absolute atomic E-state index is 12.3. The van der Waals surface area contributed by atoms with Crippen LogP contribution < -0.4 is 0 Å². The summed E-state index contributed by atoms with van der Waals surface area (Å²) in [6, 6.07) is 3.33. The first kappa shape index (κ1) is 12.8. The Morgan fingerprint density at radius 2 is 1.94 bits per heavy atom. The van der Waals surface area contributed by atoms with Gasteiger partial charge in [-0.2, -0.15) is 0 Å². The molecule has 0 fully saturated rings. The van der Waals surface area contributed by atoms with Gasteiger partial charge in [0.2, 0.25) is 0 Å². The molecule has 0 saturated heterocycles. The van der Waals surface area contributed by atoms with Gasteiger partial charge in [0.1, 0.15) is 9.35 Å². The molecule has 0 aliphatic heterocycles. The maximum atomic E-state index is 12.3. The fraction of sp³-hybridized carbons (Fsp3) is 0.364. The Labute approximate surface area is 114 Å². The Balaban J connectivity index is 2.69. The van der Waals surface area contributed by atoms with Crippen LogP contribution in [0, 0.1) is 3.70 Å². The van der Waals surface area contributed by atoms with Gasteiger partial charge in [0.15, 0.2) is 9.84 Å². The summed E-state index contributed by atoms with van der Waals surface area (Å²) in [5.41, 5.74) is 0.752. The third kappa shape index (κ3) is 2.08. The van der Waals surface area contributed by atoms with Crippen molar-refractivity contribution in [1.29, 1.82) is 0 Å². The molecule has 92 valence electrons. The summed E-state index contributed by atoms with van der Waals surface area (Å²) in [7, 11) is -3.31. The van der Waals surface area contributed by atoms with Crippen molar-refractivity contribution in [1.82, 2.24) is 9.38 Å². The van der Waals surface area contributed by atoms with E-state index in [-0.39, 0.29) is 0 Å². The third-order valence-electron chi connectivity index (χ3n) is 2.55. The molecule has 2 aromatic heterocycles. The van der Waals surface area contributed by atoms with Crippen LogP contribution in [0.5, 0.6) is 0 Å². The molecular formula is C11H13IN2O2S. The van der Waals surface area contributed by atoms with Crippen molar-refractivity contribution in [3.63, 3.8) is 0 Å². The normalized spacial score (nSPS) is 13.2. The Hall–Kier alpha value is -0.630. The van der Waals surface area contributed by atoms with E-state index in [1.165, 1.54) is 0 Å². The van der Waals surface area contributed by atoms with Crippen molar-refractivity contribution in [2.75, 3.05) is 0 Å². The number of hydrogen-bond acceptors (Lipinski definition) is 3. The van der Waals surface area contributed by atoms with Gasteiger partial charge >= 0.3 is 0 Å². The van der Waals surface area contributed by atoms with Gasteiger partial charge in [-0.15, -0.1) is 0 Å². The third-order valence-corrected chi connectivity index (χ3v) is 5.82. The minimum absolute atomic E-state index is 0.327. The molecule has 6 heteroatoms. The van der Waals surface area contributed by atoms with Gasteiger partial charge < -0.3 is 0 Å². The average molecular weight is 364 g/mol. The molecule has 2 rings (SSSR count). The summed E-state index contributed by atoms with van der Waals surface area (Å²) < 4.78 is 26.5. The van der Waals surface area contributed by atoms with Crippen molar-refractivity contribution < 1.29 is 8.42 Å². The number of fused-ring (bicyclic) bond motifs is 1. The molecule has 0 bridgehead atoms. The predicted molar refractivity (Wildman–Crippen MR) is 74.8 cm³/mol. The molecular weight excluding hydrogens is 351 g/mol. The van der Waals surface area contributed by atoms with Crippen LogP contribution in [-0.4, -0.2) is 22.5 Å². The molecule has 2 aromatic rings. The first-order valence-electron chi connectivity index (χ1n) is 5.11. The fourth-order valence-electron chi connectivity index (χ4n) is 1.44. The van der Waals surface area contributed by atoms with Crippen LogP contribution in [0.25, 0.3) is 5.65 Å².